The van der Waals surface area contributed by atoms with Crippen molar-refractivity contribution >= 4 is 28.6 Å². The maximum Gasteiger partial charge on any atom is 0.191 e. The van der Waals surface area contributed by atoms with Crippen LogP contribution in [0.5, 0.6) is 0 Å². The number of thiazole rings is 1. The zero-order chi connectivity index (χ0) is 15.1. The summed E-state index contributed by atoms with van der Waals surface area (Å²) in [5, 5.41) is 7.81. The van der Waals surface area contributed by atoms with Crippen LogP contribution in [0.25, 0.3) is 0 Å². The van der Waals surface area contributed by atoms with E-state index in [1.807, 2.05) is 6.20 Å². The second-order valence-corrected chi connectivity index (χ2v) is 7.44. The Morgan fingerprint density at radius 2 is 2.05 bits per heavy atom. The number of rotatable bonds is 6. The summed E-state index contributed by atoms with van der Waals surface area (Å²) in [6.45, 7) is 8.73. The number of nitrogens with one attached hydrogen (secondary N) is 2. The van der Waals surface area contributed by atoms with Gasteiger partial charge in [-0.25, -0.2) is 9.98 Å². The second kappa shape index (κ2) is 8.14. The van der Waals surface area contributed by atoms with Crippen LogP contribution in [0.2, 0.25) is 0 Å². The van der Waals surface area contributed by atoms with Crippen LogP contribution in [0.3, 0.4) is 0 Å². The molecule has 0 saturated heterocycles. The van der Waals surface area contributed by atoms with E-state index in [4.69, 9.17) is 0 Å². The van der Waals surface area contributed by atoms with Crippen molar-refractivity contribution in [2.75, 3.05) is 13.1 Å². The Balaban J connectivity index is 1.83. The number of aryl methyl sites for hydroxylation is 2. The maximum absolute atomic E-state index is 4.62. The van der Waals surface area contributed by atoms with Gasteiger partial charge in [-0.1, -0.05) is 0 Å². The molecule has 0 saturated carbocycles. The van der Waals surface area contributed by atoms with E-state index in [-0.39, 0.29) is 0 Å². The van der Waals surface area contributed by atoms with Gasteiger partial charge in [0.15, 0.2) is 5.96 Å². The first-order chi connectivity index (χ1) is 10.2. The molecule has 0 radical (unpaired) electrons. The normalized spacial score (nSPS) is 11.7. The standard InChI is InChI=1S/C15H22N4S2/c1-4-16-15(19-10-13-6-5-11(2)20-13)17-8-7-14-18-9-12(3)21-14/h5-6,9H,4,7-8,10H2,1-3H3,(H2,16,17,19). The summed E-state index contributed by atoms with van der Waals surface area (Å²) in [6, 6.07) is 4.28. The highest BCUT2D eigenvalue weighted by molar-refractivity contribution is 7.12. The SMILES string of the molecule is CCNC(=NCc1ccc(C)s1)NCCc1ncc(C)s1. The van der Waals surface area contributed by atoms with Crippen molar-refractivity contribution in [3.05, 3.63) is 38.0 Å². The first-order valence-electron chi connectivity index (χ1n) is 7.16. The van der Waals surface area contributed by atoms with Crippen LogP contribution in [-0.2, 0) is 13.0 Å². The average molecular weight is 323 g/mol. The van der Waals surface area contributed by atoms with Crippen LogP contribution >= 0.6 is 22.7 Å². The molecule has 4 nitrogen and oxygen atoms in total. The predicted octanol–water partition coefficient (Wildman–Crippen LogP) is 3.12. The number of hydrogen-bond donors (Lipinski definition) is 2. The molecule has 2 N–H and O–H groups in total. The molecule has 21 heavy (non-hydrogen) atoms. The number of nitrogens with zero attached hydrogens (tertiary/aromatic N) is 2. The Labute approximate surface area is 134 Å². The Bertz CT molecular complexity index is 586. The number of aromatic nitrogens is 1. The molecule has 6 heteroatoms. The molecule has 114 valence electrons. The predicted molar refractivity (Wildman–Crippen MR) is 92.4 cm³/mol. The van der Waals surface area contributed by atoms with Gasteiger partial charge in [0.05, 0.1) is 11.6 Å². The molecule has 2 aromatic heterocycles. The van der Waals surface area contributed by atoms with E-state index in [1.165, 1.54) is 19.6 Å². The van der Waals surface area contributed by atoms with Crippen LogP contribution in [-0.4, -0.2) is 24.0 Å². The maximum atomic E-state index is 4.62. The summed E-state index contributed by atoms with van der Waals surface area (Å²) in [7, 11) is 0. The fourth-order valence-electron chi connectivity index (χ4n) is 1.87. The summed E-state index contributed by atoms with van der Waals surface area (Å²) in [4.78, 5) is 12.9. The molecule has 0 aliphatic heterocycles. The van der Waals surface area contributed by atoms with Gasteiger partial charge in [0.25, 0.3) is 0 Å². The zero-order valence-corrected chi connectivity index (χ0v) is 14.4. The summed E-state index contributed by atoms with van der Waals surface area (Å²) in [5.74, 6) is 0.872. The number of thiophene rings is 1. The Hall–Kier alpha value is -1.40. The third-order valence-corrected chi connectivity index (χ3v) is 4.79. The van der Waals surface area contributed by atoms with Gasteiger partial charge in [-0.3, -0.25) is 0 Å². The lowest BCUT2D eigenvalue weighted by Crippen LogP contribution is -2.38. The van der Waals surface area contributed by atoms with Gasteiger partial charge in [-0.05, 0) is 32.9 Å². The van der Waals surface area contributed by atoms with Gasteiger partial charge in [0.1, 0.15) is 0 Å². The highest BCUT2D eigenvalue weighted by atomic mass is 32.1. The molecule has 0 unspecified atom stereocenters. The van der Waals surface area contributed by atoms with Crippen molar-refractivity contribution in [3.63, 3.8) is 0 Å². The topological polar surface area (TPSA) is 49.3 Å². The summed E-state index contributed by atoms with van der Waals surface area (Å²) < 4.78 is 0. The molecule has 0 fully saturated rings. The van der Waals surface area contributed by atoms with E-state index in [2.05, 4.69) is 53.5 Å². The van der Waals surface area contributed by atoms with E-state index >= 15 is 0 Å². The quantitative estimate of drug-likeness (QED) is 0.634. The van der Waals surface area contributed by atoms with E-state index in [0.29, 0.717) is 0 Å². The Kier molecular flexibility index (Phi) is 6.20. The van der Waals surface area contributed by atoms with E-state index in [9.17, 15) is 0 Å². The van der Waals surface area contributed by atoms with Gasteiger partial charge in [0, 0.05) is 40.3 Å². The van der Waals surface area contributed by atoms with Crippen LogP contribution in [0, 0.1) is 13.8 Å². The van der Waals surface area contributed by atoms with Gasteiger partial charge < -0.3 is 10.6 Å². The van der Waals surface area contributed by atoms with E-state index < -0.39 is 0 Å². The molecular formula is C15H22N4S2. The monoisotopic (exact) mass is 322 g/mol. The first-order valence-corrected chi connectivity index (χ1v) is 8.79. The molecule has 0 amide bonds. The van der Waals surface area contributed by atoms with E-state index in [1.54, 1.807) is 22.7 Å². The molecule has 2 heterocycles. The second-order valence-electron chi connectivity index (χ2n) is 4.75. The lowest BCUT2D eigenvalue weighted by Gasteiger charge is -2.10. The minimum absolute atomic E-state index is 0.726. The highest BCUT2D eigenvalue weighted by Crippen LogP contribution is 2.15. The van der Waals surface area contributed by atoms with Crippen molar-refractivity contribution in [3.8, 4) is 0 Å². The minimum Gasteiger partial charge on any atom is -0.357 e. The third kappa shape index (κ3) is 5.47. The lowest BCUT2D eigenvalue weighted by molar-refractivity contribution is 0.797. The van der Waals surface area contributed by atoms with Gasteiger partial charge in [-0.2, -0.15) is 0 Å². The molecule has 0 atom stereocenters. The lowest BCUT2D eigenvalue weighted by atomic mass is 10.4. The largest absolute Gasteiger partial charge is 0.357 e. The van der Waals surface area contributed by atoms with Crippen molar-refractivity contribution in [1.29, 1.82) is 0 Å². The Morgan fingerprint density at radius 3 is 2.67 bits per heavy atom. The van der Waals surface area contributed by atoms with Crippen LogP contribution in [0.15, 0.2) is 23.3 Å². The van der Waals surface area contributed by atoms with Gasteiger partial charge >= 0.3 is 0 Å². The number of aliphatic imine (C=N–C) groups is 1. The summed E-state index contributed by atoms with van der Waals surface area (Å²) in [6.07, 6.45) is 2.86. The molecule has 0 aliphatic carbocycles. The first kappa shape index (κ1) is 16.0. The minimum atomic E-state index is 0.726. The highest BCUT2D eigenvalue weighted by Gasteiger charge is 2.01. The molecule has 2 rings (SSSR count). The van der Waals surface area contributed by atoms with Gasteiger partial charge in [0.2, 0.25) is 0 Å². The molecule has 0 bridgehead atoms. The fraction of sp³-hybridized carbons (Fsp3) is 0.467. The van der Waals surface area contributed by atoms with Crippen molar-refractivity contribution in [2.45, 2.75) is 33.7 Å². The van der Waals surface area contributed by atoms with E-state index in [0.717, 1.165) is 32.0 Å². The van der Waals surface area contributed by atoms with Crippen LogP contribution in [0.1, 0.15) is 26.6 Å². The third-order valence-electron chi connectivity index (χ3n) is 2.83. The van der Waals surface area contributed by atoms with Gasteiger partial charge in [-0.15, -0.1) is 22.7 Å². The molecule has 0 aliphatic rings. The van der Waals surface area contributed by atoms with Crippen LogP contribution < -0.4 is 10.6 Å². The Morgan fingerprint density at radius 1 is 1.19 bits per heavy atom. The summed E-state index contributed by atoms with van der Waals surface area (Å²) >= 11 is 3.56. The van der Waals surface area contributed by atoms with Crippen molar-refractivity contribution in [1.82, 2.24) is 15.6 Å². The van der Waals surface area contributed by atoms with Crippen molar-refractivity contribution < 1.29 is 0 Å². The zero-order valence-electron chi connectivity index (χ0n) is 12.8. The van der Waals surface area contributed by atoms with Crippen molar-refractivity contribution in [2.24, 2.45) is 4.99 Å². The summed E-state index contributed by atoms with van der Waals surface area (Å²) in [5.41, 5.74) is 0. The fourth-order valence-corrected chi connectivity index (χ4v) is 3.48. The molecular weight excluding hydrogens is 300 g/mol. The number of guanidine groups is 1. The smallest absolute Gasteiger partial charge is 0.191 e. The average Bonchev–Trinajstić information content (AvgIpc) is 3.05. The molecule has 0 spiro atoms. The van der Waals surface area contributed by atoms with Crippen LogP contribution in [0.4, 0.5) is 0 Å². The molecule has 0 aromatic carbocycles. The number of hydrogen-bond acceptors (Lipinski definition) is 4. The molecule has 2 aromatic rings.